The van der Waals surface area contributed by atoms with Crippen molar-refractivity contribution in [2.45, 2.75) is 0 Å². The normalized spacial score (nSPS) is 17.0. The van der Waals surface area contributed by atoms with E-state index in [0.29, 0.717) is 11.8 Å². The molecule has 18 heavy (non-hydrogen) atoms. The lowest BCUT2D eigenvalue weighted by atomic mass is 10.1. The Labute approximate surface area is 105 Å². The van der Waals surface area contributed by atoms with Gasteiger partial charge in [0.15, 0.2) is 0 Å². The van der Waals surface area contributed by atoms with Crippen molar-refractivity contribution in [1.82, 2.24) is 5.32 Å². The predicted molar refractivity (Wildman–Crippen MR) is 63.9 cm³/mol. The summed E-state index contributed by atoms with van der Waals surface area (Å²) in [5.74, 6) is -1.13. The number of thioether (sulfide) groups is 1. The Bertz CT molecular complexity index is 596. The summed E-state index contributed by atoms with van der Waals surface area (Å²) in [5.41, 5.74) is -0.351. The summed E-state index contributed by atoms with van der Waals surface area (Å²) >= 11 is 0.672. The number of hydrogen-bond donors (Lipinski definition) is 2. The first-order chi connectivity index (χ1) is 8.49. The molecule has 0 aliphatic carbocycles. The average Bonchev–Trinajstić information content (AvgIpc) is 2.60. The fourth-order valence-corrected chi connectivity index (χ4v) is 2.05. The second-order valence-electron chi connectivity index (χ2n) is 3.32. The highest BCUT2D eigenvalue weighted by atomic mass is 32.2. The molecule has 0 saturated carbocycles. The minimum absolute atomic E-state index is 0.0794. The number of para-hydroxylation sites is 1. The number of nitrogens with zero attached hydrogens (tertiary/aromatic N) is 1. The van der Waals surface area contributed by atoms with Gasteiger partial charge in [-0.2, -0.15) is 0 Å². The lowest BCUT2D eigenvalue weighted by Crippen LogP contribution is -2.17. The van der Waals surface area contributed by atoms with Gasteiger partial charge in [-0.1, -0.05) is 12.1 Å². The van der Waals surface area contributed by atoms with Gasteiger partial charge in [0.25, 0.3) is 11.1 Å². The number of phenols is 1. The van der Waals surface area contributed by atoms with Crippen molar-refractivity contribution in [2.75, 3.05) is 0 Å². The Balaban J connectivity index is 2.44. The van der Waals surface area contributed by atoms with Crippen LogP contribution in [0.3, 0.4) is 0 Å². The molecular formula is C10H6N2O5S. The Kier molecular flexibility index (Phi) is 3.02. The molecule has 0 atom stereocenters. The molecule has 2 rings (SSSR count). The van der Waals surface area contributed by atoms with Crippen LogP contribution in [0.2, 0.25) is 0 Å². The molecule has 1 aliphatic rings. The third-order valence-electron chi connectivity index (χ3n) is 2.17. The van der Waals surface area contributed by atoms with E-state index in [0.717, 1.165) is 6.07 Å². The van der Waals surface area contributed by atoms with Gasteiger partial charge in [-0.15, -0.1) is 0 Å². The van der Waals surface area contributed by atoms with E-state index in [1.54, 1.807) is 0 Å². The summed E-state index contributed by atoms with van der Waals surface area (Å²) in [6, 6.07) is 3.93. The topological polar surface area (TPSA) is 110 Å². The minimum Gasteiger partial charge on any atom is -0.502 e. The lowest BCUT2D eigenvalue weighted by molar-refractivity contribution is -0.385. The molecule has 0 unspecified atom stereocenters. The second-order valence-corrected chi connectivity index (χ2v) is 4.34. The maximum atomic E-state index is 11.3. The molecule has 0 aromatic heterocycles. The number of phenolic OH excluding ortho intramolecular Hbond substituents is 1. The third kappa shape index (κ3) is 2.18. The number of nitro benzene ring substituents is 1. The van der Waals surface area contributed by atoms with Crippen LogP contribution in [0.15, 0.2) is 23.1 Å². The molecule has 2 N–H and O–H groups in total. The van der Waals surface area contributed by atoms with Crippen LogP contribution in [0.25, 0.3) is 6.08 Å². The molecule has 1 fully saturated rings. The van der Waals surface area contributed by atoms with Gasteiger partial charge in [0.2, 0.25) is 5.75 Å². The molecule has 92 valence electrons. The minimum atomic E-state index is -0.732. The van der Waals surface area contributed by atoms with Crippen molar-refractivity contribution in [3.8, 4) is 5.75 Å². The van der Waals surface area contributed by atoms with E-state index in [1.807, 2.05) is 5.32 Å². The summed E-state index contributed by atoms with van der Waals surface area (Å²) in [5, 5.41) is 21.8. The zero-order valence-corrected chi connectivity index (χ0v) is 9.56. The van der Waals surface area contributed by atoms with Gasteiger partial charge in [0.1, 0.15) is 0 Å². The molecule has 1 aromatic rings. The summed E-state index contributed by atoms with van der Waals surface area (Å²) in [4.78, 5) is 32.2. The highest BCUT2D eigenvalue weighted by Gasteiger charge is 2.26. The molecule has 0 spiro atoms. The molecule has 1 saturated heterocycles. The number of hydrogen-bond acceptors (Lipinski definition) is 6. The fourth-order valence-electron chi connectivity index (χ4n) is 1.37. The fraction of sp³-hybridized carbons (Fsp3) is 0. The standard InChI is InChI=1S/C10H6N2O5S/c13-8-5(2-1-3-6(8)12(16)17)4-7-9(14)11-10(15)18-7/h1-4,13H,(H,11,14,15)/b7-4+. The molecular weight excluding hydrogens is 260 g/mol. The van der Waals surface area contributed by atoms with Crippen LogP contribution >= 0.6 is 11.8 Å². The van der Waals surface area contributed by atoms with Crippen molar-refractivity contribution in [2.24, 2.45) is 0 Å². The summed E-state index contributed by atoms with van der Waals surface area (Å²) in [6.45, 7) is 0. The molecule has 8 heteroatoms. The van der Waals surface area contributed by atoms with E-state index in [1.165, 1.54) is 18.2 Å². The monoisotopic (exact) mass is 266 g/mol. The van der Waals surface area contributed by atoms with Crippen LogP contribution in [0.5, 0.6) is 5.75 Å². The van der Waals surface area contributed by atoms with Crippen molar-refractivity contribution in [3.05, 3.63) is 38.8 Å². The van der Waals surface area contributed by atoms with Crippen molar-refractivity contribution < 1.29 is 19.6 Å². The zero-order valence-electron chi connectivity index (χ0n) is 8.75. The molecule has 1 heterocycles. The maximum Gasteiger partial charge on any atom is 0.311 e. The number of nitrogens with one attached hydrogen (secondary N) is 1. The van der Waals surface area contributed by atoms with Crippen molar-refractivity contribution in [3.63, 3.8) is 0 Å². The molecule has 1 aromatic carbocycles. The largest absolute Gasteiger partial charge is 0.502 e. The number of amides is 2. The number of carbonyl (C=O) groups excluding carboxylic acids is 2. The molecule has 7 nitrogen and oxygen atoms in total. The van der Waals surface area contributed by atoms with E-state index in [-0.39, 0.29) is 10.5 Å². The van der Waals surface area contributed by atoms with Crippen LogP contribution < -0.4 is 5.32 Å². The Morgan fingerprint density at radius 2 is 2.11 bits per heavy atom. The van der Waals surface area contributed by atoms with E-state index >= 15 is 0 Å². The number of nitro groups is 1. The van der Waals surface area contributed by atoms with Crippen LogP contribution in [0, 0.1) is 10.1 Å². The highest BCUT2D eigenvalue weighted by Crippen LogP contribution is 2.33. The third-order valence-corrected chi connectivity index (χ3v) is 2.98. The van der Waals surface area contributed by atoms with Gasteiger partial charge >= 0.3 is 5.69 Å². The SMILES string of the molecule is O=C1NC(=O)/C(=C\c2cccc([N+](=O)[O-])c2O)S1. The van der Waals surface area contributed by atoms with Crippen LogP contribution in [-0.2, 0) is 4.79 Å². The first kappa shape index (κ1) is 12.1. The van der Waals surface area contributed by atoms with Gasteiger partial charge in [-0.25, -0.2) is 0 Å². The van der Waals surface area contributed by atoms with Gasteiger partial charge < -0.3 is 5.11 Å². The molecule has 1 aliphatic heterocycles. The quantitative estimate of drug-likeness (QED) is 0.478. The number of imide groups is 1. The molecule has 2 amide bonds. The first-order valence-electron chi connectivity index (χ1n) is 4.70. The van der Waals surface area contributed by atoms with Crippen LogP contribution in [-0.4, -0.2) is 21.2 Å². The molecule has 0 radical (unpaired) electrons. The van der Waals surface area contributed by atoms with Crippen LogP contribution in [0.1, 0.15) is 5.56 Å². The molecule has 0 bridgehead atoms. The maximum absolute atomic E-state index is 11.3. The smallest absolute Gasteiger partial charge is 0.311 e. The zero-order chi connectivity index (χ0) is 13.3. The number of aromatic hydroxyl groups is 1. The predicted octanol–water partition coefficient (Wildman–Crippen LogP) is 1.62. The van der Waals surface area contributed by atoms with Crippen molar-refractivity contribution in [1.29, 1.82) is 0 Å². The first-order valence-corrected chi connectivity index (χ1v) is 5.52. The highest BCUT2D eigenvalue weighted by molar-refractivity contribution is 8.18. The summed E-state index contributed by atoms with van der Waals surface area (Å²) in [7, 11) is 0. The van der Waals surface area contributed by atoms with Gasteiger partial charge in [-0.05, 0) is 17.8 Å². The second kappa shape index (κ2) is 4.49. The van der Waals surface area contributed by atoms with Gasteiger partial charge in [0, 0.05) is 11.6 Å². The van der Waals surface area contributed by atoms with E-state index in [4.69, 9.17) is 0 Å². The number of benzene rings is 1. The Hall–Kier alpha value is -2.35. The summed E-state index contributed by atoms with van der Waals surface area (Å²) in [6.07, 6.45) is 1.23. The number of rotatable bonds is 2. The van der Waals surface area contributed by atoms with Crippen molar-refractivity contribution >= 4 is 34.7 Å². The van der Waals surface area contributed by atoms with E-state index in [9.17, 15) is 24.8 Å². The lowest BCUT2D eigenvalue weighted by Gasteiger charge is -2.00. The number of carbonyl (C=O) groups is 2. The van der Waals surface area contributed by atoms with Gasteiger partial charge in [0.05, 0.1) is 9.83 Å². The van der Waals surface area contributed by atoms with E-state index in [2.05, 4.69) is 0 Å². The van der Waals surface area contributed by atoms with Gasteiger partial charge in [-0.3, -0.25) is 25.0 Å². The Morgan fingerprint density at radius 3 is 2.67 bits per heavy atom. The van der Waals surface area contributed by atoms with Crippen LogP contribution in [0.4, 0.5) is 10.5 Å². The Morgan fingerprint density at radius 1 is 1.39 bits per heavy atom. The summed E-state index contributed by atoms with van der Waals surface area (Å²) < 4.78 is 0. The average molecular weight is 266 g/mol. The van der Waals surface area contributed by atoms with E-state index < -0.39 is 27.5 Å².